The molecule has 2 nitrogen and oxygen atoms in total. The monoisotopic (exact) mass is 271 g/mol. The second kappa shape index (κ2) is 6.26. The molecule has 1 aromatic carbocycles. The van der Waals surface area contributed by atoms with Crippen molar-refractivity contribution in [1.29, 1.82) is 0 Å². The summed E-state index contributed by atoms with van der Waals surface area (Å²) in [5, 5.41) is 12.1. The van der Waals surface area contributed by atoms with Crippen LogP contribution < -0.4 is 5.32 Å². The lowest BCUT2D eigenvalue weighted by molar-refractivity contribution is 0.284. The van der Waals surface area contributed by atoms with E-state index < -0.39 is 0 Å². The molecular weight excluding hydrogens is 254 g/mol. The Hall–Kier alpha value is -0.380. The van der Waals surface area contributed by atoms with Gasteiger partial charge in [0.05, 0.1) is 0 Å². The van der Waals surface area contributed by atoms with Crippen molar-refractivity contribution in [2.45, 2.75) is 26.3 Å². The molecule has 2 N–H and O–H groups in total. The third-order valence-corrected chi connectivity index (χ3v) is 3.36. The third kappa shape index (κ3) is 3.93. The minimum atomic E-state index is 0.249. The quantitative estimate of drug-likeness (QED) is 0.808. The zero-order valence-electron chi connectivity index (χ0n) is 9.26. The van der Waals surface area contributed by atoms with Gasteiger partial charge in [0, 0.05) is 17.1 Å². The first-order chi connectivity index (χ1) is 7.15. The molecule has 0 amide bonds. The molecule has 0 saturated heterocycles. The minimum Gasteiger partial charge on any atom is -0.396 e. The SMILES string of the molecule is Cc1cc([C@H](C)NCCCO)ccc1Br. The molecule has 1 atom stereocenters. The topological polar surface area (TPSA) is 32.3 Å². The zero-order valence-corrected chi connectivity index (χ0v) is 10.8. The van der Waals surface area contributed by atoms with E-state index in [1.807, 2.05) is 0 Å². The fourth-order valence-corrected chi connectivity index (χ4v) is 1.70. The lowest BCUT2D eigenvalue weighted by atomic mass is 10.1. The van der Waals surface area contributed by atoms with E-state index in [1.165, 1.54) is 11.1 Å². The molecule has 0 aliphatic rings. The second-order valence-electron chi connectivity index (χ2n) is 3.76. The Morgan fingerprint density at radius 2 is 2.20 bits per heavy atom. The summed E-state index contributed by atoms with van der Waals surface area (Å²) in [6, 6.07) is 6.71. The molecule has 0 spiro atoms. The van der Waals surface area contributed by atoms with Crippen LogP contribution in [-0.4, -0.2) is 18.3 Å². The van der Waals surface area contributed by atoms with Crippen LogP contribution in [0.25, 0.3) is 0 Å². The lowest BCUT2D eigenvalue weighted by Crippen LogP contribution is -2.20. The van der Waals surface area contributed by atoms with Crippen LogP contribution in [-0.2, 0) is 0 Å². The van der Waals surface area contributed by atoms with Gasteiger partial charge in [0.1, 0.15) is 0 Å². The van der Waals surface area contributed by atoms with Crippen LogP contribution in [0.3, 0.4) is 0 Å². The molecule has 0 bridgehead atoms. The molecule has 0 aliphatic heterocycles. The Labute approximate surface area is 99.8 Å². The number of aliphatic hydroxyl groups excluding tert-OH is 1. The second-order valence-corrected chi connectivity index (χ2v) is 4.62. The van der Waals surface area contributed by atoms with Crippen molar-refractivity contribution in [2.75, 3.05) is 13.2 Å². The fourth-order valence-electron chi connectivity index (χ4n) is 1.45. The number of benzene rings is 1. The molecule has 0 unspecified atom stereocenters. The van der Waals surface area contributed by atoms with Crippen LogP contribution in [0.4, 0.5) is 0 Å². The molecule has 15 heavy (non-hydrogen) atoms. The fraction of sp³-hybridized carbons (Fsp3) is 0.500. The first-order valence-corrected chi connectivity index (χ1v) is 6.04. The molecule has 1 aromatic rings. The summed E-state index contributed by atoms with van der Waals surface area (Å²) in [5.41, 5.74) is 2.54. The number of halogens is 1. The maximum atomic E-state index is 8.68. The average Bonchev–Trinajstić information content (AvgIpc) is 2.22. The highest BCUT2D eigenvalue weighted by Crippen LogP contribution is 2.20. The van der Waals surface area contributed by atoms with E-state index in [2.05, 4.69) is 53.3 Å². The summed E-state index contributed by atoms with van der Waals surface area (Å²) in [7, 11) is 0. The molecule has 3 heteroatoms. The molecule has 84 valence electrons. The van der Waals surface area contributed by atoms with E-state index in [0.29, 0.717) is 6.04 Å². The van der Waals surface area contributed by atoms with Crippen molar-refractivity contribution in [2.24, 2.45) is 0 Å². The third-order valence-electron chi connectivity index (χ3n) is 2.47. The first-order valence-electron chi connectivity index (χ1n) is 5.25. The Bertz CT molecular complexity index is 314. The minimum absolute atomic E-state index is 0.249. The van der Waals surface area contributed by atoms with Gasteiger partial charge in [-0.1, -0.05) is 28.1 Å². The first kappa shape index (κ1) is 12.7. The van der Waals surface area contributed by atoms with Crippen LogP contribution >= 0.6 is 15.9 Å². The van der Waals surface area contributed by atoms with E-state index in [9.17, 15) is 0 Å². The highest BCUT2D eigenvalue weighted by molar-refractivity contribution is 9.10. The van der Waals surface area contributed by atoms with Gasteiger partial charge in [-0.05, 0) is 44.0 Å². The van der Waals surface area contributed by atoms with Gasteiger partial charge in [-0.15, -0.1) is 0 Å². The zero-order chi connectivity index (χ0) is 11.3. The smallest absolute Gasteiger partial charge is 0.0443 e. The summed E-state index contributed by atoms with van der Waals surface area (Å²) in [5.74, 6) is 0. The van der Waals surface area contributed by atoms with E-state index in [0.717, 1.165) is 17.4 Å². The normalized spacial score (nSPS) is 12.8. The number of hydrogen-bond donors (Lipinski definition) is 2. The highest BCUT2D eigenvalue weighted by Gasteiger charge is 2.05. The Kier molecular flexibility index (Phi) is 5.29. The number of hydrogen-bond acceptors (Lipinski definition) is 2. The van der Waals surface area contributed by atoms with E-state index in [4.69, 9.17) is 5.11 Å². The van der Waals surface area contributed by atoms with Gasteiger partial charge in [-0.2, -0.15) is 0 Å². The maximum Gasteiger partial charge on any atom is 0.0443 e. The van der Waals surface area contributed by atoms with Crippen LogP contribution in [0.5, 0.6) is 0 Å². The maximum absolute atomic E-state index is 8.68. The highest BCUT2D eigenvalue weighted by atomic mass is 79.9. The Morgan fingerprint density at radius 1 is 1.47 bits per heavy atom. The number of nitrogens with one attached hydrogen (secondary N) is 1. The largest absolute Gasteiger partial charge is 0.396 e. The van der Waals surface area contributed by atoms with E-state index in [1.54, 1.807) is 0 Å². The van der Waals surface area contributed by atoms with Gasteiger partial charge in [0.15, 0.2) is 0 Å². The van der Waals surface area contributed by atoms with Crippen LogP contribution in [0.15, 0.2) is 22.7 Å². The molecule has 0 fully saturated rings. The van der Waals surface area contributed by atoms with Crippen LogP contribution in [0.1, 0.15) is 30.5 Å². The summed E-state index contributed by atoms with van der Waals surface area (Å²) in [6.07, 6.45) is 0.805. The van der Waals surface area contributed by atoms with E-state index in [-0.39, 0.29) is 6.61 Å². The summed E-state index contributed by atoms with van der Waals surface area (Å²) < 4.78 is 1.15. The number of rotatable bonds is 5. The predicted octanol–water partition coefficient (Wildman–Crippen LogP) is 2.79. The van der Waals surface area contributed by atoms with Crippen molar-refractivity contribution < 1.29 is 5.11 Å². The van der Waals surface area contributed by atoms with Crippen LogP contribution in [0.2, 0.25) is 0 Å². The standard InChI is InChI=1S/C12H18BrNO/c1-9-8-11(4-5-12(9)13)10(2)14-6-3-7-15/h4-5,8,10,14-15H,3,6-7H2,1-2H3/t10-/m0/s1. The molecule has 0 aromatic heterocycles. The number of aryl methyl sites for hydroxylation is 1. The molecule has 0 heterocycles. The van der Waals surface area contributed by atoms with Gasteiger partial charge in [0.25, 0.3) is 0 Å². The lowest BCUT2D eigenvalue weighted by Gasteiger charge is -2.14. The Morgan fingerprint density at radius 3 is 2.80 bits per heavy atom. The van der Waals surface area contributed by atoms with Crippen molar-refractivity contribution >= 4 is 15.9 Å². The predicted molar refractivity (Wildman–Crippen MR) is 67.0 cm³/mol. The molecule has 1 rings (SSSR count). The molecular formula is C12H18BrNO. The molecule has 0 radical (unpaired) electrons. The van der Waals surface area contributed by atoms with Gasteiger partial charge < -0.3 is 10.4 Å². The summed E-state index contributed by atoms with van der Waals surface area (Å²) >= 11 is 3.49. The van der Waals surface area contributed by atoms with Gasteiger partial charge in [-0.3, -0.25) is 0 Å². The van der Waals surface area contributed by atoms with Crippen LogP contribution in [0, 0.1) is 6.92 Å². The van der Waals surface area contributed by atoms with Gasteiger partial charge in [0.2, 0.25) is 0 Å². The molecule has 0 saturated carbocycles. The van der Waals surface area contributed by atoms with Gasteiger partial charge in [-0.25, -0.2) is 0 Å². The summed E-state index contributed by atoms with van der Waals surface area (Å²) in [6.45, 7) is 5.33. The molecule has 0 aliphatic carbocycles. The van der Waals surface area contributed by atoms with Crippen molar-refractivity contribution in [3.05, 3.63) is 33.8 Å². The van der Waals surface area contributed by atoms with Crippen molar-refractivity contribution in [3.8, 4) is 0 Å². The van der Waals surface area contributed by atoms with Crippen molar-refractivity contribution in [3.63, 3.8) is 0 Å². The van der Waals surface area contributed by atoms with Gasteiger partial charge >= 0.3 is 0 Å². The number of aliphatic hydroxyl groups is 1. The summed E-state index contributed by atoms with van der Waals surface area (Å²) in [4.78, 5) is 0. The van der Waals surface area contributed by atoms with E-state index >= 15 is 0 Å². The Balaban J connectivity index is 2.57. The average molecular weight is 272 g/mol. The van der Waals surface area contributed by atoms with Crippen molar-refractivity contribution in [1.82, 2.24) is 5.32 Å².